The second kappa shape index (κ2) is 7.23. The highest BCUT2D eigenvalue weighted by molar-refractivity contribution is 7.91. The minimum atomic E-state index is -3.38. The number of aromatic nitrogens is 1. The van der Waals surface area contributed by atoms with E-state index in [1.165, 1.54) is 17.4 Å². The smallest absolute Gasteiger partial charge is 0.230 e. The molecule has 0 bridgehead atoms. The number of thiazole rings is 1. The van der Waals surface area contributed by atoms with E-state index < -0.39 is 9.84 Å². The molecule has 0 saturated carbocycles. The van der Waals surface area contributed by atoms with Gasteiger partial charge in [0.25, 0.3) is 0 Å². The number of benzene rings is 1. The summed E-state index contributed by atoms with van der Waals surface area (Å²) in [4.78, 5) is 16.8. The second-order valence-corrected chi connectivity index (χ2v) is 8.59. The van der Waals surface area contributed by atoms with Gasteiger partial charge in [-0.2, -0.15) is 0 Å². The molecule has 1 N–H and O–H groups in total. The van der Waals surface area contributed by atoms with E-state index in [1.807, 2.05) is 5.38 Å². The Morgan fingerprint density at radius 3 is 2.61 bits per heavy atom. The summed E-state index contributed by atoms with van der Waals surface area (Å²) in [6.07, 6.45) is 0.129. The first-order chi connectivity index (χ1) is 10.8. The number of carbonyl (C=O) groups excluding carboxylic acids is 1. The van der Waals surface area contributed by atoms with Crippen molar-refractivity contribution in [3.8, 4) is 0 Å². The van der Waals surface area contributed by atoms with Gasteiger partial charge in [-0.15, -0.1) is 11.3 Å². The van der Waals surface area contributed by atoms with Crippen LogP contribution in [0.5, 0.6) is 0 Å². The SMILES string of the molecule is CCS(=O)(=O)c1ccccc1NC(=O)Cc1csc(C(C)C)n1. The van der Waals surface area contributed by atoms with Gasteiger partial charge in [0.2, 0.25) is 5.91 Å². The van der Waals surface area contributed by atoms with Gasteiger partial charge in [0.05, 0.1) is 33.5 Å². The van der Waals surface area contributed by atoms with Crippen LogP contribution in [0.15, 0.2) is 34.5 Å². The number of para-hydroxylation sites is 1. The molecule has 23 heavy (non-hydrogen) atoms. The number of anilines is 1. The molecule has 0 aliphatic heterocycles. The fourth-order valence-corrected chi connectivity index (χ4v) is 3.91. The lowest BCUT2D eigenvalue weighted by molar-refractivity contribution is -0.115. The van der Waals surface area contributed by atoms with Crippen molar-refractivity contribution >= 4 is 32.8 Å². The van der Waals surface area contributed by atoms with Crippen molar-refractivity contribution in [2.45, 2.75) is 38.0 Å². The number of sulfone groups is 1. The molecule has 0 spiro atoms. The van der Waals surface area contributed by atoms with E-state index in [0.29, 0.717) is 17.3 Å². The number of nitrogens with one attached hydrogen (secondary N) is 1. The van der Waals surface area contributed by atoms with Crippen molar-refractivity contribution in [1.29, 1.82) is 0 Å². The zero-order valence-corrected chi connectivity index (χ0v) is 15.0. The topological polar surface area (TPSA) is 76.1 Å². The summed E-state index contributed by atoms with van der Waals surface area (Å²) in [5.41, 5.74) is 1.02. The van der Waals surface area contributed by atoms with E-state index in [4.69, 9.17) is 0 Å². The molecule has 5 nitrogen and oxygen atoms in total. The lowest BCUT2D eigenvalue weighted by Gasteiger charge is -2.10. The molecular formula is C16H20N2O3S2. The van der Waals surface area contributed by atoms with Crippen molar-refractivity contribution in [2.24, 2.45) is 0 Å². The van der Waals surface area contributed by atoms with E-state index in [-0.39, 0.29) is 23.0 Å². The molecule has 0 radical (unpaired) electrons. The third-order valence-electron chi connectivity index (χ3n) is 3.28. The summed E-state index contributed by atoms with van der Waals surface area (Å²) >= 11 is 1.53. The predicted octanol–water partition coefficient (Wildman–Crippen LogP) is 3.24. The van der Waals surface area contributed by atoms with Crippen molar-refractivity contribution in [1.82, 2.24) is 4.98 Å². The molecule has 0 saturated heterocycles. The summed E-state index contributed by atoms with van der Waals surface area (Å²) in [6, 6.07) is 6.45. The molecule has 124 valence electrons. The summed E-state index contributed by atoms with van der Waals surface area (Å²) in [5.74, 6) is 0.0422. The van der Waals surface area contributed by atoms with Crippen LogP contribution in [0.2, 0.25) is 0 Å². The third-order valence-corrected chi connectivity index (χ3v) is 6.26. The average Bonchev–Trinajstić information content (AvgIpc) is 2.96. The Morgan fingerprint density at radius 1 is 1.30 bits per heavy atom. The number of hydrogen-bond acceptors (Lipinski definition) is 5. The molecule has 0 fully saturated rings. The highest BCUT2D eigenvalue weighted by Gasteiger charge is 2.18. The number of carbonyl (C=O) groups is 1. The molecule has 7 heteroatoms. The fraction of sp³-hybridized carbons (Fsp3) is 0.375. The Morgan fingerprint density at radius 2 is 2.00 bits per heavy atom. The zero-order chi connectivity index (χ0) is 17.0. The van der Waals surface area contributed by atoms with Gasteiger partial charge in [0.1, 0.15) is 0 Å². The minimum Gasteiger partial charge on any atom is -0.325 e. The maximum atomic E-state index is 12.2. The van der Waals surface area contributed by atoms with Crippen molar-refractivity contribution in [3.63, 3.8) is 0 Å². The Labute approximate surface area is 140 Å². The van der Waals surface area contributed by atoms with Crippen molar-refractivity contribution < 1.29 is 13.2 Å². The van der Waals surface area contributed by atoms with Crippen LogP contribution in [0.1, 0.15) is 37.4 Å². The van der Waals surface area contributed by atoms with Crippen LogP contribution in [-0.4, -0.2) is 25.1 Å². The summed E-state index contributed by atoms with van der Waals surface area (Å²) < 4.78 is 24.2. The van der Waals surface area contributed by atoms with Crippen molar-refractivity contribution in [2.75, 3.05) is 11.1 Å². The summed E-state index contributed by atoms with van der Waals surface area (Å²) in [7, 11) is -3.38. The highest BCUT2D eigenvalue weighted by Crippen LogP contribution is 2.23. The number of nitrogens with zero attached hydrogens (tertiary/aromatic N) is 1. The van der Waals surface area contributed by atoms with Gasteiger partial charge >= 0.3 is 0 Å². The molecule has 0 aliphatic rings. The van der Waals surface area contributed by atoms with E-state index in [1.54, 1.807) is 25.1 Å². The van der Waals surface area contributed by atoms with Gasteiger partial charge in [0.15, 0.2) is 9.84 Å². The van der Waals surface area contributed by atoms with Crippen LogP contribution in [0.3, 0.4) is 0 Å². The molecule has 1 amide bonds. The maximum Gasteiger partial charge on any atom is 0.230 e. The van der Waals surface area contributed by atoms with Crippen LogP contribution in [0.25, 0.3) is 0 Å². The van der Waals surface area contributed by atoms with E-state index >= 15 is 0 Å². The van der Waals surface area contributed by atoms with Crippen molar-refractivity contribution in [3.05, 3.63) is 40.3 Å². The number of hydrogen-bond donors (Lipinski definition) is 1. The van der Waals surface area contributed by atoms with Gasteiger partial charge in [-0.1, -0.05) is 32.9 Å². The first-order valence-corrected chi connectivity index (χ1v) is 9.92. The average molecular weight is 352 g/mol. The first kappa shape index (κ1) is 17.6. The fourth-order valence-electron chi connectivity index (χ4n) is 2.02. The van der Waals surface area contributed by atoms with Gasteiger partial charge in [-0.25, -0.2) is 13.4 Å². The van der Waals surface area contributed by atoms with E-state index in [0.717, 1.165) is 5.01 Å². The third kappa shape index (κ3) is 4.39. The Bertz CT molecular complexity index is 795. The molecule has 1 aromatic carbocycles. The Balaban J connectivity index is 2.14. The molecule has 0 unspecified atom stereocenters. The number of rotatable bonds is 6. The summed E-state index contributed by atoms with van der Waals surface area (Å²) in [5, 5.41) is 5.54. The minimum absolute atomic E-state index is 0.0102. The van der Waals surface area contributed by atoms with Gasteiger partial charge < -0.3 is 5.32 Å². The Hall–Kier alpha value is -1.73. The Kier molecular flexibility index (Phi) is 5.54. The molecular weight excluding hydrogens is 332 g/mol. The van der Waals surface area contributed by atoms with Gasteiger partial charge in [-0.3, -0.25) is 4.79 Å². The van der Waals surface area contributed by atoms with E-state index in [2.05, 4.69) is 24.1 Å². The molecule has 1 heterocycles. The standard InChI is InChI=1S/C16H20N2O3S2/c1-4-23(20,21)14-8-6-5-7-13(14)18-15(19)9-12-10-22-16(17-12)11(2)3/h5-8,10-11H,4,9H2,1-3H3,(H,18,19). The predicted molar refractivity (Wildman–Crippen MR) is 92.7 cm³/mol. The largest absolute Gasteiger partial charge is 0.325 e. The van der Waals surface area contributed by atoms with Crippen LogP contribution in [0.4, 0.5) is 5.69 Å². The lowest BCUT2D eigenvalue weighted by Crippen LogP contribution is -2.17. The quantitative estimate of drug-likeness (QED) is 0.866. The summed E-state index contributed by atoms with van der Waals surface area (Å²) in [6.45, 7) is 5.68. The molecule has 2 rings (SSSR count). The molecule has 0 aliphatic carbocycles. The first-order valence-electron chi connectivity index (χ1n) is 7.39. The molecule has 0 atom stereocenters. The number of amides is 1. The van der Waals surface area contributed by atoms with Gasteiger partial charge in [-0.05, 0) is 12.1 Å². The van der Waals surface area contributed by atoms with Gasteiger partial charge in [0, 0.05) is 11.3 Å². The monoisotopic (exact) mass is 352 g/mol. The molecule has 2 aromatic rings. The normalized spacial score (nSPS) is 11.7. The van der Waals surface area contributed by atoms with Crippen LogP contribution >= 0.6 is 11.3 Å². The molecule has 1 aromatic heterocycles. The highest BCUT2D eigenvalue weighted by atomic mass is 32.2. The second-order valence-electron chi connectivity index (χ2n) is 5.46. The van der Waals surface area contributed by atoms with Crippen LogP contribution < -0.4 is 5.32 Å². The zero-order valence-electron chi connectivity index (χ0n) is 13.4. The van der Waals surface area contributed by atoms with Crippen LogP contribution in [0, 0.1) is 0 Å². The van der Waals surface area contributed by atoms with E-state index in [9.17, 15) is 13.2 Å². The van der Waals surface area contributed by atoms with Crippen LogP contribution in [-0.2, 0) is 21.1 Å². The lowest BCUT2D eigenvalue weighted by atomic mass is 10.2. The maximum absolute atomic E-state index is 12.2.